The molecule has 5 heteroatoms. The lowest BCUT2D eigenvalue weighted by molar-refractivity contribution is -0.123. The fraction of sp³-hybridized carbons (Fsp3) is 0.391. The second-order valence-corrected chi connectivity index (χ2v) is 8.82. The molecule has 150 valence electrons. The predicted octanol–water partition coefficient (Wildman–Crippen LogP) is 4.64. The van der Waals surface area contributed by atoms with Gasteiger partial charge in [0.25, 0.3) is 5.91 Å². The summed E-state index contributed by atoms with van der Waals surface area (Å²) in [6.07, 6.45) is 2.57. The van der Waals surface area contributed by atoms with Crippen LogP contribution < -0.4 is 10.2 Å². The summed E-state index contributed by atoms with van der Waals surface area (Å²) in [4.78, 5) is 11.9. The summed E-state index contributed by atoms with van der Waals surface area (Å²) in [5.74, 6) is 0.488. The van der Waals surface area contributed by atoms with Crippen LogP contribution in [0.4, 0.5) is 0 Å². The highest BCUT2D eigenvalue weighted by molar-refractivity contribution is 5.83. The molecule has 2 N–H and O–H groups in total. The van der Waals surface area contributed by atoms with Crippen LogP contribution in [0.25, 0.3) is 0 Å². The van der Waals surface area contributed by atoms with E-state index in [1.165, 1.54) is 11.8 Å². The number of hydrogen-bond acceptors (Lipinski definition) is 4. The average Bonchev–Trinajstić information content (AvgIpc) is 2.60. The molecule has 2 aromatic rings. The zero-order chi connectivity index (χ0) is 20.8. The van der Waals surface area contributed by atoms with Crippen LogP contribution in [0.15, 0.2) is 53.6 Å². The van der Waals surface area contributed by atoms with E-state index in [0.29, 0.717) is 5.75 Å². The van der Waals surface area contributed by atoms with Gasteiger partial charge in [-0.25, -0.2) is 5.43 Å². The van der Waals surface area contributed by atoms with Gasteiger partial charge in [0.05, 0.1) is 6.21 Å². The van der Waals surface area contributed by atoms with Crippen LogP contribution in [-0.4, -0.2) is 23.8 Å². The van der Waals surface area contributed by atoms with Crippen molar-refractivity contribution in [3.8, 4) is 11.5 Å². The third-order valence-electron chi connectivity index (χ3n) is 4.27. The summed E-state index contributed by atoms with van der Waals surface area (Å²) >= 11 is 0. The lowest BCUT2D eigenvalue weighted by Crippen LogP contribution is -2.25. The number of nitrogens with one attached hydrogen (secondary N) is 1. The number of phenolic OH excluding ortho intramolecular Hbond substituents is 1. The summed E-state index contributed by atoms with van der Waals surface area (Å²) in [7, 11) is 0. The topological polar surface area (TPSA) is 70.9 Å². The monoisotopic (exact) mass is 382 g/mol. The summed E-state index contributed by atoms with van der Waals surface area (Å²) in [6, 6.07) is 14.4. The van der Waals surface area contributed by atoms with E-state index in [1.54, 1.807) is 24.3 Å². The molecule has 2 aromatic carbocycles. The first-order chi connectivity index (χ1) is 13.0. The maximum Gasteiger partial charge on any atom is 0.277 e. The molecule has 0 aliphatic rings. The van der Waals surface area contributed by atoms with Crippen LogP contribution in [0.5, 0.6) is 11.5 Å². The molecular weight excluding hydrogens is 352 g/mol. The molecule has 0 saturated carbocycles. The van der Waals surface area contributed by atoms with Gasteiger partial charge in [-0.15, -0.1) is 0 Å². The number of benzene rings is 2. The Labute approximate surface area is 167 Å². The summed E-state index contributed by atoms with van der Waals surface area (Å²) in [6.45, 7) is 11.1. The normalized spacial score (nSPS) is 12.2. The van der Waals surface area contributed by atoms with Crippen molar-refractivity contribution in [3.05, 3.63) is 59.7 Å². The van der Waals surface area contributed by atoms with Gasteiger partial charge < -0.3 is 9.84 Å². The maximum atomic E-state index is 11.9. The number of aromatic hydroxyl groups is 1. The quantitative estimate of drug-likeness (QED) is 0.541. The fourth-order valence-electron chi connectivity index (χ4n) is 3.35. The van der Waals surface area contributed by atoms with Gasteiger partial charge >= 0.3 is 0 Å². The lowest BCUT2D eigenvalue weighted by atomic mass is 9.72. The van der Waals surface area contributed by atoms with Gasteiger partial charge in [-0.05, 0) is 64.8 Å². The molecule has 0 bridgehead atoms. The standard InChI is InChI=1S/C23H30N2O3/c1-22(2,3)16-23(4,5)18-8-12-20(13-9-18)28-15-21(27)25-24-14-17-6-10-19(26)11-7-17/h6-14,26H,15-16H2,1-5H3,(H,25,27). The summed E-state index contributed by atoms with van der Waals surface area (Å²) in [5.41, 5.74) is 4.75. The average molecular weight is 383 g/mol. The molecule has 0 unspecified atom stereocenters. The Hall–Kier alpha value is -2.82. The first kappa shape index (κ1) is 21.5. The molecule has 0 atom stereocenters. The number of carbonyl (C=O) groups is 1. The van der Waals surface area contributed by atoms with Crippen molar-refractivity contribution in [3.63, 3.8) is 0 Å². The lowest BCUT2D eigenvalue weighted by Gasteiger charge is -2.33. The molecule has 28 heavy (non-hydrogen) atoms. The van der Waals surface area contributed by atoms with Crippen LogP contribution >= 0.6 is 0 Å². The molecule has 0 fully saturated rings. The molecule has 2 rings (SSSR count). The maximum absolute atomic E-state index is 11.9. The molecule has 0 aliphatic heterocycles. The van der Waals surface area contributed by atoms with E-state index in [2.05, 4.69) is 57.3 Å². The van der Waals surface area contributed by atoms with E-state index in [1.807, 2.05) is 12.1 Å². The summed E-state index contributed by atoms with van der Waals surface area (Å²) in [5, 5.41) is 13.1. The Bertz CT molecular complexity index is 801. The van der Waals surface area contributed by atoms with E-state index < -0.39 is 0 Å². The Morgan fingerprint density at radius 1 is 1.04 bits per heavy atom. The minimum atomic E-state index is -0.341. The molecule has 5 nitrogen and oxygen atoms in total. The van der Waals surface area contributed by atoms with E-state index >= 15 is 0 Å². The third-order valence-corrected chi connectivity index (χ3v) is 4.27. The van der Waals surface area contributed by atoms with Crippen molar-refractivity contribution in [2.24, 2.45) is 10.5 Å². The van der Waals surface area contributed by atoms with Crippen LogP contribution in [0.2, 0.25) is 0 Å². The number of ether oxygens (including phenoxy) is 1. The van der Waals surface area contributed by atoms with E-state index in [4.69, 9.17) is 4.74 Å². The second-order valence-electron chi connectivity index (χ2n) is 8.82. The van der Waals surface area contributed by atoms with Crippen molar-refractivity contribution < 1.29 is 14.6 Å². The first-order valence-electron chi connectivity index (χ1n) is 9.39. The van der Waals surface area contributed by atoms with Crippen LogP contribution in [0.1, 0.15) is 52.2 Å². The zero-order valence-corrected chi connectivity index (χ0v) is 17.3. The zero-order valence-electron chi connectivity index (χ0n) is 17.3. The Morgan fingerprint density at radius 2 is 1.64 bits per heavy atom. The smallest absolute Gasteiger partial charge is 0.277 e. The van der Waals surface area contributed by atoms with Crippen molar-refractivity contribution >= 4 is 12.1 Å². The molecule has 0 aromatic heterocycles. The molecule has 1 amide bonds. The van der Waals surface area contributed by atoms with Gasteiger partial charge in [-0.2, -0.15) is 5.10 Å². The van der Waals surface area contributed by atoms with Gasteiger partial charge in [0.2, 0.25) is 0 Å². The van der Waals surface area contributed by atoms with Gasteiger partial charge in [0.15, 0.2) is 6.61 Å². The van der Waals surface area contributed by atoms with E-state index in [9.17, 15) is 9.90 Å². The molecule has 0 aliphatic carbocycles. The number of amides is 1. The minimum absolute atomic E-state index is 0.0666. The first-order valence-corrected chi connectivity index (χ1v) is 9.39. The van der Waals surface area contributed by atoms with Crippen LogP contribution in [-0.2, 0) is 10.2 Å². The Kier molecular flexibility index (Phi) is 6.84. The molecular formula is C23H30N2O3. The Balaban J connectivity index is 1.84. The van der Waals surface area contributed by atoms with Gasteiger partial charge in [0, 0.05) is 0 Å². The number of hydrazone groups is 1. The Morgan fingerprint density at radius 3 is 2.21 bits per heavy atom. The highest BCUT2D eigenvalue weighted by atomic mass is 16.5. The van der Waals surface area contributed by atoms with E-state index in [-0.39, 0.29) is 29.1 Å². The van der Waals surface area contributed by atoms with Crippen molar-refractivity contribution in [2.45, 2.75) is 46.5 Å². The SMILES string of the molecule is CC(C)(C)CC(C)(C)c1ccc(OCC(=O)NN=Cc2ccc(O)cc2)cc1. The summed E-state index contributed by atoms with van der Waals surface area (Å²) < 4.78 is 5.54. The molecule has 0 heterocycles. The number of nitrogens with zero attached hydrogens (tertiary/aromatic N) is 1. The van der Waals surface area contributed by atoms with Crippen molar-refractivity contribution in [1.29, 1.82) is 0 Å². The third kappa shape index (κ3) is 7.06. The molecule has 0 saturated heterocycles. The fourth-order valence-corrected chi connectivity index (χ4v) is 3.35. The number of hydrogen-bond donors (Lipinski definition) is 2. The number of phenols is 1. The van der Waals surface area contributed by atoms with Gasteiger partial charge in [0.1, 0.15) is 11.5 Å². The number of rotatable bonds is 7. The predicted molar refractivity (Wildman–Crippen MR) is 113 cm³/mol. The highest BCUT2D eigenvalue weighted by Crippen LogP contribution is 2.36. The van der Waals surface area contributed by atoms with Crippen molar-refractivity contribution in [1.82, 2.24) is 5.43 Å². The van der Waals surface area contributed by atoms with E-state index in [0.717, 1.165) is 12.0 Å². The number of carbonyl (C=O) groups excluding carboxylic acids is 1. The largest absolute Gasteiger partial charge is 0.508 e. The minimum Gasteiger partial charge on any atom is -0.508 e. The van der Waals surface area contributed by atoms with Gasteiger partial charge in [-0.1, -0.05) is 46.8 Å². The second kappa shape index (κ2) is 8.91. The van der Waals surface area contributed by atoms with Crippen molar-refractivity contribution in [2.75, 3.05) is 6.61 Å². The highest BCUT2D eigenvalue weighted by Gasteiger charge is 2.27. The molecule has 0 radical (unpaired) electrons. The van der Waals surface area contributed by atoms with Crippen LogP contribution in [0, 0.1) is 5.41 Å². The van der Waals surface area contributed by atoms with Crippen LogP contribution in [0.3, 0.4) is 0 Å². The molecule has 0 spiro atoms. The van der Waals surface area contributed by atoms with Gasteiger partial charge in [-0.3, -0.25) is 4.79 Å².